The van der Waals surface area contributed by atoms with Gasteiger partial charge in [-0.15, -0.1) is 0 Å². The Morgan fingerprint density at radius 1 is 1.12 bits per heavy atom. The molecule has 1 aromatic carbocycles. The quantitative estimate of drug-likeness (QED) is 0.822. The lowest BCUT2D eigenvalue weighted by atomic mass is 9.81. The van der Waals surface area contributed by atoms with Gasteiger partial charge in [0.15, 0.2) is 0 Å². The van der Waals surface area contributed by atoms with E-state index in [0.717, 1.165) is 25.7 Å². The third-order valence-corrected chi connectivity index (χ3v) is 3.50. The third kappa shape index (κ3) is 2.40. The Morgan fingerprint density at radius 3 is 2.38 bits per heavy atom. The highest BCUT2D eigenvalue weighted by Crippen LogP contribution is 2.27. The van der Waals surface area contributed by atoms with Crippen LogP contribution < -0.4 is 5.73 Å². The topological polar surface area (TPSA) is 26.0 Å². The molecular weight excluding hydrogens is 208 g/mol. The van der Waals surface area contributed by atoms with Crippen LogP contribution in [0.15, 0.2) is 18.2 Å². The van der Waals surface area contributed by atoms with Gasteiger partial charge in [0.2, 0.25) is 0 Å². The molecule has 2 unspecified atom stereocenters. The van der Waals surface area contributed by atoms with Gasteiger partial charge in [-0.05, 0) is 37.3 Å². The summed E-state index contributed by atoms with van der Waals surface area (Å²) < 4.78 is 26.9. The molecule has 1 fully saturated rings. The summed E-state index contributed by atoms with van der Waals surface area (Å²) in [6.07, 6.45) is 4.64. The molecule has 0 heterocycles. The van der Waals surface area contributed by atoms with Crippen molar-refractivity contribution in [1.29, 1.82) is 0 Å². The first-order valence-corrected chi connectivity index (χ1v) is 5.87. The van der Waals surface area contributed by atoms with E-state index in [-0.39, 0.29) is 17.5 Å². The van der Waals surface area contributed by atoms with Gasteiger partial charge >= 0.3 is 0 Å². The molecule has 3 heteroatoms. The maximum Gasteiger partial charge on any atom is 0.129 e. The number of halogens is 2. The molecule has 88 valence electrons. The summed E-state index contributed by atoms with van der Waals surface area (Å²) in [7, 11) is 0. The van der Waals surface area contributed by atoms with Crippen LogP contribution in [0.25, 0.3) is 0 Å². The highest BCUT2D eigenvalue weighted by Gasteiger charge is 2.24. The van der Waals surface area contributed by atoms with E-state index in [4.69, 9.17) is 5.73 Å². The highest BCUT2D eigenvalue weighted by atomic mass is 19.1. The molecular formula is C13H17F2N. The van der Waals surface area contributed by atoms with Gasteiger partial charge in [-0.2, -0.15) is 0 Å². The normalized spacial score (nSPS) is 25.7. The molecule has 1 saturated carbocycles. The van der Waals surface area contributed by atoms with Gasteiger partial charge in [-0.1, -0.05) is 18.9 Å². The lowest BCUT2D eigenvalue weighted by Crippen LogP contribution is -2.34. The van der Waals surface area contributed by atoms with Crippen molar-refractivity contribution in [3.05, 3.63) is 35.4 Å². The van der Waals surface area contributed by atoms with Gasteiger partial charge < -0.3 is 5.73 Å². The molecule has 0 aliphatic heterocycles. The van der Waals surface area contributed by atoms with Crippen molar-refractivity contribution in [2.75, 3.05) is 0 Å². The molecule has 1 aromatic rings. The van der Waals surface area contributed by atoms with E-state index in [0.29, 0.717) is 6.42 Å². The standard InChI is InChI=1S/C13H17F2N/c14-11-5-3-6-12(15)10(11)8-9-4-1-2-7-13(9)16/h3,5-6,9,13H,1-2,4,7-8,16H2. The van der Waals surface area contributed by atoms with Crippen molar-refractivity contribution in [2.45, 2.75) is 38.1 Å². The zero-order valence-corrected chi connectivity index (χ0v) is 9.26. The minimum absolute atomic E-state index is 0.0905. The van der Waals surface area contributed by atoms with Gasteiger partial charge in [-0.25, -0.2) is 8.78 Å². The van der Waals surface area contributed by atoms with Gasteiger partial charge in [0, 0.05) is 11.6 Å². The number of hydrogen-bond donors (Lipinski definition) is 1. The monoisotopic (exact) mass is 225 g/mol. The van der Waals surface area contributed by atoms with Crippen molar-refractivity contribution in [2.24, 2.45) is 11.7 Å². The van der Waals surface area contributed by atoms with E-state index in [2.05, 4.69) is 0 Å². The summed E-state index contributed by atoms with van der Waals surface area (Å²) in [6.45, 7) is 0. The smallest absolute Gasteiger partial charge is 0.129 e. The zero-order valence-electron chi connectivity index (χ0n) is 9.26. The molecule has 1 aliphatic carbocycles. The van der Waals surface area contributed by atoms with Gasteiger partial charge in [0.05, 0.1) is 0 Å². The van der Waals surface area contributed by atoms with Gasteiger partial charge in [0.25, 0.3) is 0 Å². The van der Waals surface area contributed by atoms with Crippen LogP contribution in [-0.2, 0) is 6.42 Å². The summed E-state index contributed by atoms with van der Waals surface area (Å²) in [6, 6.07) is 4.11. The predicted molar refractivity (Wildman–Crippen MR) is 60.0 cm³/mol. The molecule has 0 bridgehead atoms. The van der Waals surface area contributed by atoms with Crippen LogP contribution in [0.4, 0.5) is 8.78 Å². The van der Waals surface area contributed by atoms with Crippen molar-refractivity contribution < 1.29 is 8.78 Å². The SMILES string of the molecule is NC1CCCCC1Cc1c(F)cccc1F. The fourth-order valence-electron chi connectivity index (χ4n) is 2.48. The summed E-state index contributed by atoms with van der Waals surface area (Å²) in [5.74, 6) is -0.671. The Labute approximate surface area is 94.7 Å². The van der Waals surface area contributed by atoms with Crippen LogP contribution in [0.1, 0.15) is 31.2 Å². The second-order valence-electron chi connectivity index (χ2n) is 4.61. The molecule has 0 saturated heterocycles. The maximum atomic E-state index is 13.5. The van der Waals surface area contributed by atoms with Gasteiger partial charge in [-0.3, -0.25) is 0 Å². The lowest BCUT2D eigenvalue weighted by Gasteiger charge is -2.28. The fourth-order valence-corrected chi connectivity index (χ4v) is 2.48. The third-order valence-electron chi connectivity index (χ3n) is 3.50. The zero-order chi connectivity index (χ0) is 11.5. The molecule has 0 aromatic heterocycles. The minimum Gasteiger partial charge on any atom is -0.327 e. The molecule has 16 heavy (non-hydrogen) atoms. The van der Waals surface area contributed by atoms with Crippen LogP contribution >= 0.6 is 0 Å². The largest absolute Gasteiger partial charge is 0.327 e. The summed E-state index contributed by atoms with van der Waals surface area (Å²) in [4.78, 5) is 0. The Morgan fingerprint density at radius 2 is 1.75 bits per heavy atom. The first-order chi connectivity index (χ1) is 7.68. The molecule has 0 amide bonds. The van der Waals surface area contributed by atoms with Crippen molar-refractivity contribution in [1.82, 2.24) is 0 Å². The van der Waals surface area contributed by atoms with Crippen LogP contribution in [0.3, 0.4) is 0 Å². The molecule has 1 nitrogen and oxygen atoms in total. The average Bonchev–Trinajstić information content (AvgIpc) is 2.26. The van der Waals surface area contributed by atoms with Crippen LogP contribution in [0.2, 0.25) is 0 Å². The Balaban J connectivity index is 2.13. The van der Waals surface area contributed by atoms with E-state index in [1.807, 2.05) is 0 Å². The van der Waals surface area contributed by atoms with Crippen LogP contribution in [0.5, 0.6) is 0 Å². The molecule has 0 spiro atoms. The molecule has 2 N–H and O–H groups in total. The number of rotatable bonds is 2. The van der Waals surface area contributed by atoms with E-state index in [1.54, 1.807) is 0 Å². The molecule has 2 rings (SSSR count). The van der Waals surface area contributed by atoms with Crippen LogP contribution in [-0.4, -0.2) is 6.04 Å². The predicted octanol–water partition coefficient (Wildman–Crippen LogP) is 3.02. The van der Waals surface area contributed by atoms with Crippen molar-refractivity contribution >= 4 is 0 Å². The van der Waals surface area contributed by atoms with E-state index >= 15 is 0 Å². The van der Waals surface area contributed by atoms with E-state index in [9.17, 15) is 8.78 Å². The number of nitrogens with two attached hydrogens (primary N) is 1. The Hall–Kier alpha value is -0.960. The fraction of sp³-hybridized carbons (Fsp3) is 0.538. The summed E-state index contributed by atoms with van der Waals surface area (Å²) >= 11 is 0. The van der Waals surface area contributed by atoms with Crippen molar-refractivity contribution in [3.8, 4) is 0 Å². The average molecular weight is 225 g/mol. The summed E-state index contributed by atoms with van der Waals surface area (Å²) in [5, 5.41) is 0. The minimum atomic E-state index is -0.447. The number of benzene rings is 1. The van der Waals surface area contributed by atoms with Crippen molar-refractivity contribution in [3.63, 3.8) is 0 Å². The van der Waals surface area contributed by atoms with E-state index in [1.165, 1.54) is 18.2 Å². The Bertz CT molecular complexity index is 345. The van der Waals surface area contributed by atoms with E-state index < -0.39 is 11.6 Å². The Kier molecular flexibility index (Phi) is 3.54. The molecule has 1 aliphatic rings. The second kappa shape index (κ2) is 4.91. The number of hydrogen-bond acceptors (Lipinski definition) is 1. The summed E-state index contributed by atoms with van der Waals surface area (Å²) in [5.41, 5.74) is 6.18. The van der Waals surface area contributed by atoms with Gasteiger partial charge in [0.1, 0.15) is 11.6 Å². The molecule has 2 atom stereocenters. The first-order valence-electron chi connectivity index (χ1n) is 5.87. The molecule has 0 radical (unpaired) electrons. The maximum absolute atomic E-state index is 13.5. The lowest BCUT2D eigenvalue weighted by molar-refractivity contribution is 0.301. The van der Waals surface area contributed by atoms with Crippen LogP contribution in [0, 0.1) is 17.6 Å². The highest BCUT2D eigenvalue weighted by molar-refractivity contribution is 5.20. The second-order valence-corrected chi connectivity index (χ2v) is 4.61. The first kappa shape index (κ1) is 11.5.